The Morgan fingerprint density at radius 2 is 1.85 bits per heavy atom. The first-order chi connectivity index (χ1) is 9.49. The van der Waals surface area contributed by atoms with Crippen LogP contribution in [-0.2, 0) is 0 Å². The molecule has 0 radical (unpaired) electrons. The van der Waals surface area contributed by atoms with Crippen molar-refractivity contribution in [2.24, 2.45) is 0 Å². The van der Waals surface area contributed by atoms with Crippen molar-refractivity contribution >= 4 is 11.6 Å². The van der Waals surface area contributed by atoms with Crippen LogP contribution in [-0.4, -0.2) is 5.91 Å². The summed E-state index contributed by atoms with van der Waals surface area (Å²) < 4.78 is 27.2. The minimum atomic E-state index is -0.705. The van der Waals surface area contributed by atoms with Crippen LogP contribution in [0.25, 0.3) is 0 Å². The van der Waals surface area contributed by atoms with Gasteiger partial charge in [0, 0.05) is 11.3 Å². The molecule has 104 valence electrons. The van der Waals surface area contributed by atoms with Crippen molar-refractivity contribution in [3.05, 3.63) is 65.2 Å². The SMILES string of the molecule is CC(NC(=O)c1ccc(N)cc1F)c1ccccc1F. The number of halogens is 2. The summed E-state index contributed by atoms with van der Waals surface area (Å²) in [5, 5.41) is 2.55. The Morgan fingerprint density at radius 1 is 1.15 bits per heavy atom. The zero-order chi connectivity index (χ0) is 14.7. The van der Waals surface area contributed by atoms with Gasteiger partial charge in [-0.3, -0.25) is 4.79 Å². The standard InChI is InChI=1S/C15H14F2N2O/c1-9(11-4-2-3-5-13(11)16)19-15(20)12-7-6-10(18)8-14(12)17/h2-9H,18H2,1H3,(H,19,20). The largest absolute Gasteiger partial charge is 0.399 e. The number of nitrogens with one attached hydrogen (secondary N) is 1. The van der Waals surface area contributed by atoms with Gasteiger partial charge in [0.1, 0.15) is 11.6 Å². The van der Waals surface area contributed by atoms with E-state index in [-0.39, 0.29) is 11.3 Å². The number of benzene rings is 2. The maximum Gasteiger partial charge on any atom is 0.254 e. The molecular formula is C15H14F2N2O. The van der Waals surface area contributed by atoms with Crippen LogP contribution < -0.4 is 11.1 Å². The van der Waals surface area contributed by atoms with Crippen LogP contribution in [0.1, 0.15) is 28.9 Å². The lowest BCUT2D eigenvalue weighted by Crippen LogP contribution is -2.28. The fourth-order valence-corrected chi connectivity index (χ4v) is 1.89. The number of rotatable bonds is 3. The van der Waals surface area contributed by atoms with E-state index in [9.17, 15) is 13.6 Å². The van der Waals surface area contributed by atoms with Crippen molar-refractivity contribution in [1.29, 1.82) is 0 Å². The van der Waals surface area contributed by atoms with E-state index < -0.39 is 23.6 Å². The summed E-state index contributed by atoms with van der Waals surface area (Å²) in [6.45, 7) is 1.63. The number of anilines is 1. The van der Waals surface area contributed by atoms with Gasteiger partial charge in [-0.2, -0.15) is 0 Å². The highest BCUT2D eigenvalue weighted by molar-refractivity contribution is 5.95. The van der Waals surface area contributed by atoms with Crippen LogP contribution in [0.4, 0.5) is 14.5 Å². The number of nitrogens with two attached hydrogens (primary N) is 1. The van der Waals surface area contributed by atoms with Gasteiger partial charge in [-0.1, -0.05) is 18.2 Å². The van der Waals surface area contributed by atoms with E-state index in [0.29, 0.717) is 5.56 Å². The molecule has 1 unspecified atom stereocenters. The Kier molecular flexibility index (Phi) is 3.98. The normalized spacial score (nSPS) is 11.9. The second-order valence-electron chi connectivity index (χ2n) is 4.46. The molecule has 0 aliphatic carbocycles. The fraction of sp³-hybridized carbons (Fsp3) is 0.133. The number of nitrogen functional groups attached to an aromatic ring is 1. The Labute approximate surface area is 115 Å². The van der Waals surface area contributed by atoms with Gasteiger partial charge in [-0.05, 0) is 31.2 Å². The van der Waals surface area contributed by atoms with E-state index >= 15 is 0 Å². The summed E-state index contributed by atoms with van der Waals surface area (Å²) >= 11 is 0. The number of hydrogen-bond acceptors (Lipinski definition) is 2. The highest BCUT2D eigenvalue weighted by atomic mass is 19.1. The summed E-state index contributed by atoms with van der Waals surface area (Å²) in [7, 11) is 0. The van der Waals surface area contributed by atoms with Crippen LogP contribution in [0, 0.1) is 11.6 Å². The van der Waals surface area contributed by atoms with Crippen LogP contribution in [0.5, 0.6) is 0 Å². The third kappa shape index (κ3) is 2.93. The average molecular weight is 276 g/mol. The summed E-state index contributed by atoms with van der Waals surface area (Å²) in [5.74, 6) is -1.74. The quantitative estimate of drug-likeness (QED) is 0.847. The first kappa shape index (κ1) is 14.0. The lowest BCUT2D eigenvalue weighted by molar-refractivity contribution is 0.0935. The molecule has 2 rings (SSSR count). The molecule has 0 aliphatic rings. The van der Waals surface area contributed by atoms with E-state index in [1.165, 1.54) is 18.2 Å². The highest BCUT2D eigenvalue weighted by Gasteiger charge is 2.17. The summed E-state index contributed by atoms with van der Waals surface area (Å²) in [6, 6.07) is 9.35. The zero-order valence-electron chi connectivity index (χ0n) is 10.9. The third-order valence-electron chi connectivity index (χ3n) is 2.96. The molecule has 1 atom stereocenters. The monoisotopic (exact) mass is 276 g/mol. The Balaban J connectivity index is 2.17. The first-order valence-electron chi connectivity index (χ1n) is 6.09. The van der Waals surface area contributed by atoms with Crippen LogP contribution in [0.2, 0.25) is 0 Å². The number of amides is 1. The van der Waals surface area contributed by atoms with Gasteiger partial charge in [-0.15, -0.1) is 0 Å². The molecule has 0 aromatic heterocycles. The molecule has 0 saturated carbocycles. The van der Waals surface area contributed by atoms with Crippen molar-refractivity contribution in [2.75, 3.05) is 5.73 Å². The van der Waals surface area contributed by atoms with Gasteiger partial charge in [-0.25, -0.2) is 8.78 Å². The molecule has 3 nitrogen and oxygen atoms in total. The molecule has 0 fully saturated rings. The predicted molar refractivity (Wildman–Crippen MR) is 73.1 cm³/mol. The smallest absolute Gasteiger partial charge is 0.254 e. The van der Waals surface area contributed by atoms with Gasteiger partial charge >= 0.3 is 0 Å². The van der Waals surface area contributed by atoms with Crippen LogP contribution in [0.15, 0.2) is 42.5 Å². The lowest BCUT2D eigenvalue weighted by atomic mass is 10.1. The Hall–Kier alpha value is -2.43. The van der Waals surface area contributed by atoms with Gasteiger partial charge in [0.25, 0.3) is 5.91 Å². The van der Waals surface area contributed by atoms with Gasteiger partial charge in [0.05, 0.1) is 11.6 Å². The van der Waals surface area contributed by atoms with Crippen molar-refractivity contribution in [3.63, 3.8) is 0 Å². The summed E-state index contributed by atoms with van der Waals surface area (Å²) in [4.78, 5) is 12.0. The molecule has 0 spiro atoms. The molecule has 3 N–H and O–H groups in total. The van der Waals surface area contributed by atoms with Crippen molar-refractivity contribution in [2.45, 2.75) is 13.0 Å². The van der Waals surface area contributed by atoms with E-state index in [2.05, 4.69) is 5.32 Å². The average Bonchev–Trinajstić information content (AvgIpc) is 2.38. The lowest BCUT2D eigenvalue weighted by Gasteiger charge is -2.15. The first-order valence-corrected chi connectivity index (χ1v) is 6.09. The van der Waals surface area contributed by atoms with E-state index in [4.69, 9.17) is 5.73 Å². The molecule has 2 aromatic rings. The van der Waals surface area contributed by atoms with Gasteiger partial charge in [0.2, 0.25) is 0 Å². The van der Waals surface area contributed by atoms with Gasteiger partial charge in [0.15, 0.2) is 0 Å². The van der Waals surface area contributed by atoms with Crippen LogP contribution in [0.3, 0.4) is 0 Å². The van der Waals surface area contributed by atoms with Crippen molar-refractivity contribution in [3.8, 4) is 0 Å². The van der Waals surface area contributed by atoms with E-state index in [0.717, 1.165) is 6.07 Å². The molecule has 1 amide bonds. The molecule has 5 heteroatoms. The number of hydrogen-bond donors (Lipinski definition) is 2. The maximum absolute atomic E-state index is 13.6. The minimum Gasteiger partial charge on any atom is -0.399 e. The van der Waals surface area contributed by atoms with Crippen molar-refractivity contribution in [1.82, 2.24) is 5.32 Å². The summed E-state index contributed by atoms with van der Waals surface area (Å²) in [5.41, 5.74) is 5.88. The molecule has 0 saturated heterocycles. The van der Waals surface area contributed by atoms with E-state index in [1.807, 2.05) is 0 Å². The Bertz CT molecular complexity index is 644. The third-order valence-corrected chi connectivity index (χ3v) is 2.96. The topological polar surface area (TPSA) is 55.1 Å². The summed E-state index contributed by atoms with van der Waals surface area (Å²) in [6.07, 6.45) is 0. The molecule has 0 aliphatic heterocycles. The Morgan fingerprint density at radius 3 is 2.50 bits per heavy atom. The van der Waals surface area contributed by atoms with E-state index in [1.54, 1.807) is 25.1 Å². The van der Waals surface area contributed by atoms with Gasteiger partial charge < -0.3 is 11.1 Å². The van der Waals surface area contributed by atoms with Crippen LogP contribution >= 0.6 is 0 Å². The fourth-order valence-electron chi connectivity index (χ4n) is 1.89. The molecule has 20 heavy (non-hydrogen) atoms. The molecular weight excluding hydrogens is 262 g/mol. The number of carbonyl (C=O) groups is 1. The van der Waals surface area contributed by atoms with Crippen molar-refractivity contribution < 1.29 is 13.6 Å². The second-order valence-corrected chi connectivity index (χ2v) is 4.46. The predicted octanol–water partition coefficient (Wildman–Crippen LogP) is 3.04. The molecule has 0 bridgehead atoms. The second kappa shape index (κ2) is 5.69. The maximum atomic E-state index is 13.6. The highest BCUT2D eigenvalue weighted by Crippen LogP contribution is 2.18. The number of carbonyl (C=O) groups excluding carboxylic acids is 1. The zero-order valence-corrected chi connectivity index (χ0v) is 10.9. The molecule has 2 aromatic carbocycles. The minimum absolute atomic E-state index is 0.123. The molecule has 0 heterocycles.